The van der Waals surface area contributed by atoms with Crippen LogP contribution in [-0.2, 0) is 24.2 Å². The van der Waals surface area contributed by atoms with Gasteiger partial charge in [-0.1, -0.05) is 36.9 Å². The fourth-order valence-corrected chi connectivity index (χ4v) is 5.61. The largest absolute Gasteiger partial charge is 0.480 e. The fraction of sp³-hybridized carbons (Fsp3) is 0.308. The highest BCUT2D eigenvalue weighted by Crippen LogP contribution is 2.34. The number of hydrogen-bond donors (Lipinski definition) is 1. The first-order chi connectivity index (χ1) is 17.3. The normalized spacial score (nSPS) is 11.4. The number of benzene rings is 1. The second kappa shape index (κ2) is 11.6. The van der Waals surface area contributed by atoms with Gasteiger partial charge in [-0.05, 0) is 43.5 Å². The van der Waals surface area contributed by atoms with E-state index < -0.39 is 10.7 Å². The lowest BCUT2D eigenvalue weighted by Gasteiger charge is -2.23. The van der Waals surface area contributed by atoms with E-state index in [2.05, 4.69) is 48.9 Å². The molecule has 0 saturated heterocycles. The molecule has 0 radical (unpaired) electrons. The van der Waals surface area contributed by atoms with Gasteiger partial charge in [-0.25, -0.2) is 24.9 Å². The maximum atomic E-state index is 11.5. The fourth-order valence-electron chi connectivity index (χ4n) is 3.38. The lowest BCUT2D eigenvalue weighted by atomic mass is 10.1. The summed E-state index contributed by atoms with van der Waals surface area (Å²) in [5.74, 6) is 0.489. The monoisotopic (exact) mass is 520 g/mol. The van der Waals surface area contributed by atoms with E-state index in [4.69, 9.17) is 0 Å². The number of thioether (sulfide) groups is 1. The number of aryl methyl sites for hydroxylation is 1. The summed E-state index contributed by atoms with van der Waals surface area (Å²) in [6, 6.07) is 9.98. The number of thiazole rings is 1. The molecule has 36 heavy (non-hydrogen) atoms. The van der Waals surface area contributed by atoms with E-state index in [1.807, 2.05) is 29.9 Å². The second-order valence-electron chi connectivity index (χ2n) is 8.71. The average molecular weight is 521 g/mol. The van der Waals surface area contributed by atoms with Crippen molar-refractivity contribution in [3.05, 3.63) is 77.3 Å². The van der Waals surface area contributed by atoms with Crippen LogP contribution in [0.2, 0.25) is 0 Å². The predicted octanol–water partition coefficient (Wildman–Crippen LogP) is 5.16. The highest BCUT2D eigenvalue weighted by atomic mass is 32.2. The number of carboxylic acid groups (broad SMARTS) is 1. The molecule has 0 aliphatic carbocycles. The van der Waals surface area contributed by atoms with Crippen LogP contribution in [0.3, 0.4) is 0 Å². The van der Waals surface area contributed by atoms with Crippen LogP contribution in [0.15, 0.2) is 64.8 Å². The molecule has 0 bridgehead atoms. The Morgan fingerprint density at radius 3 is 2.53 bits per heavy atom. The van der Waals surface area contributed by atoms with Crippen LogP contribution < -0.4 is 4.90 Å². The van der Waals surface area contributed by atoms with Gasteiger partial charge in [-0.15, -0.1) is 11.3 Å². The molecule has 0 atom stereocenters. The van der Waals surface area contributed by atoms with E-state index in [1.165, 1.54) is 23.1 Å². The number of aromatic nitrogens is 5. The van der Waals surface area contributed by atoms with E-state index in [0.717, 1.165) is 33.1 Å². The van der Waals surface area contributed by atoms with Gasteiger partial charge in [0.15, 0.2) is 10.2 Å². The van der Waals surface area contributed by atoms with Crippen molar-refractivity contribution >= 4 is 35.0 Å². The van der Waals surface area contributed by atoms with Crippen LogP contribution in [0.1, 0.15) is 37.6 Å². The molecule has 4 rings (SSSR count). The third-order valence-corrected chi connectivity index (χ3v) is 7.71. The molecule has 1 aromatic carbocycles. The van der Waals surface area contributed by atoms with Gasteiger partial charge < -0.3 is 10.0 Å². The number of aliphatic carboxylic acids is 1. The molecule has 1 N–H and O–H groups in total. The first-order valence-electron chi connectivity index (χ1n) is 11.6. The molecular formula is C26H28N6O2S2. The van der Waals surface area contributed by atoms with E-state index in [9.17, 15) is 9.90 Å². The molecule has 4 aromatic rings. The number of anilines is 1. The lowest BCUT2D eigenvalue weighted by Crippen LogP contribution is -2.27. The van der Waals surface area contributed by atoms with Gasteiger partial charge in [0.05, 0.1) is 5.69 Å². The van der Waals surface area contributed by atoms with Gasteiger partial charge in [0.25, 0.3) is 0 Å². The number of carboxylic acids is 1. The second-order valence-corrected chi connectivity index (χ2v) is 11.4. The molecule has 3 heterocycles. The van der Waals surface area contributed by atoms with Crippen LogP contribution in [-0.4, -0.2) is 47.3 Å². The smallest absolute Gasteiger partial charge is 0.319 e. The van der Waals surface area contributed by atoms with Crippen molar-refractivity contribution in [2.45, 2.75) is 49.2 Å². The summed E-state index contributed by atoms with van der Waals surface area (Å²) in [5, 5.41) is 11.4. The van der Waals surface area contributed by atoms with E-state index in [1.54, 1.807) is 32.3 Å². The molecule has 0 unspecified atom stereocenters. The first-order valence-corrected chi connectivity index (χ1v) is 13.3. The lowest BCUT2D eigenvalue weighted by molar-refractivity contribution is -0.138. The summed E-state index contributed by atoms with van der Waals surface area (Å²) in [6.07, 6.45) is 8.78. The maximum Gasteiger partial charge on any atom is 0.319 e. The number of hydrogen-bond acceptors (Lipinski definition) is 9. The van der Waals surface area contributed by atoms with E-state index in [-0.39, 0.29) is 0 Å². The zero-order valence-electron chi connectivity index (χ0n) is 20.5. The third kappa shape index (κ3) is 6.64. The SMILES string of the molecule is CCc1cnc(N(CCc2csc(SC(C)(C)C(=O)O)n2)Cc2cccc(-c3ncccn3)c2)nc1. The summed E-state index contributed by atoms with van der Waals surface area (Å²) in [7, 11) is 0. The molecule has 0 spiro atoms. The van der Waals surface area contributed by atoms with Crippen molar-refractivity contribution in [3.63, 3.8) is 0 Å². The van der Waals surface area contributed by atoms with E-state index in [0.29, 0.717) is 31.3 Å². The van der Waals surface area contributed by atoms with Gasteiger partial charge in [0, 0.05) is 55.2 Å². The summed E-state index contributed by atoms with van der Waals surface area (Å²) in [5.41, 5.74) is 4.06. The molecule has 10 heteroatoms. The Hall–Kier alpha value is -3.37. The minimum Gasteiger partial charge on any atom is -0.480 e. The Morgan fingerprint density at radius 1 is 1.08 bits per heavy atom. The van der Waals surface area contributed by atoms with Crippen LogP contribution in [0.4, 0.5) is 5.95 Å². The van der Waals surface area contributed by atoms with Crippen molar-refractivity contribution in [1.82, 2.24) is 24.9 Å². The highest BCUT2D eigenvalue weighted by Gasteiger charge is 2.29. The Labute approximate surface area is 218 Å². The standard InChI is InChI=1S/C26H28N6O2S2/c1-4-18-14-29-24(30-15-18)32(12-9-21-17-35-25(31-21)36-26(2,3)23(33)34)16-19-7-5-8-20(13-19)22-27-10-6-11-28-22/h5-8,10-11,13-15,17H,4,9,12,16H2,1-3H3,(H,33,34). The topological polar surface area (TPSA) is 105 Å². The quantitative estimate of drug-likeness (QED) is 0.269. The van der Waals surface area contributed by atoms with Crippen molar-refractivity contribution in [3.8, 4) is 11.4 Å². The van der Waals surface area contributed by atoms with Gasteiger partial charge in [0.2, 0.25) is 5.95 Å². The Balaban J connectivity index is 1.52. The molecule has 0 aliphatic rings. The van der Waals surface area contributed by atoms with Crippen molar-refractivity contribution < 1.29 is 9.90 Å². The Morgan fingerprint density at radius 2 is 1.83 bits per heavy atom. The third-order valence-electron chi connectivity index (χ3n) is 5.53. The maximum absolute atomic E-state index is 11.5. The summed E-state index contributed by atoms with van der Waals surface area (Å²) >= 11 is 2.74. The summed E-state index contributed by atoms with van der Waals surface area (Å²) in [6.45, 7) is 6.73. The van der Waals surface area contributed by atoms with Gasteiger partial charge in [-0.2, -0.15) is 0 Å². The van der Waals surface area contributed by atoms with Crippen molar-refractivity contribution in [2.75, 3.05) is 11.4 Å². The van der Waals surface area contributed by atoms with Crippen molar-refractivity contribution in [2.24, 2.45) is 0 Å². The Kier molecular flexibility index (Phi) is 8.27. The van der Waals surface area contributed by atoms with Crippen LogP contribution in [0.5, 0.6) is 0 Å². The minimum atomic E-state index is -0.927. The van der Waals surface area contributed by atoms with Crippen molar-refractivity contribution in [1.29, 1.82) is 0 Å². The number of nitrogens with zero attached hydrogens (tertiary/aromatic N) is 6. The summed E-state index contributed by atoms with van der Waals surface area (Å²) < 4.78 is -0.174. The average Bonchev–Trinajstić information content (AvgIpc) is 3.33. The molecule has 8 nitrogen and oxygen atoms in total. The molecule has 186 valence electrons. The first kappa shape index (κ1) is 25.7. The Bertz CT molecular complexity index is 1300. The van der Waals surface area contributed by atoms with Crippen LogP contribution in [0.25, 0.3) is 11.4 Å². The zero-order valence-corrected chi connectivity index (χ0v) is 22.1. The van der Waals surface area contributed by atoms with E-state index >= 15 is 0 Å². The molecule has 0 aliphatic heterocycles. The van der Waals surface area contributed by atoms with Gasteiger partial charge >= 0.3 is 5.97 Å². The van der Waals surface area contributed by atoms with Crippen LogP contribution >= 0.6 is 23.1 Å². The minimum absolute atomic E-state index is 0.615. The molecule has 0 fully saturated rings. The predicted molar refractivity (Wildman–Crippen MR) is 143 cm³/mol. The summed E-state index contributed by atoms with van der Waals surface area (Å²) in [4.78, 5) is 36.2. The van der Waals surface area contributed by atoms with Crippen LogP contribution in [0, 0.1) is 0 Å². The number of rotatable bonds is 11. The number of carbonyl (C=O) groups is 1. The molecule has 0 amide bonds. The van der Waals surface area contributed by atoms with Gasteiger partial charge in [-0.3, -0.25) is 4.79 Å². The molecular weight excluding hydrogens is 492 g/mol. The highest BCUT2D eigenvalue weighted by molar-refractivity contribution is 8.03. The molecule has 3 aromatic heterocycles. The molecule has 0 saturated carbocycles. The van der Waals surface area contributed by atoms with Gasteiger partial charge in [0.1, 0.15) is 4.75 Å². The zero-order chi connectivity index (χ0) is 25.5.